The van der Waals surface area contributed by atoms with Crippen LogP contribution in [0.3, 0.4) is 0 Å². The lowest BCUT2D eigenvalue weighted by Crippen LogP contribution is -2.34. The molecule has 146 valence electrons. The zero-order valence-corrected chi connectivity index (χ0v) is 16.0. The van der Waals surface area contributed by atoms with Gasteiger partial charge in [-0.15, -0.1) is 0 Å². The van der Waals surface area contributed by atoms with Crippen molar-refractivity contribution in [3.63, 3.8) is 0 Å². The first-order chi connectivity index (χ1) is 14.1. The van der Waals surface area contributed by atoms with Gasteiger partial charge in [0, 0.05) is 18.8 Å². The molecule has 0 aromatic heterocycles. The molecule has 2 aromatic rings. The first kappa shape index (κ1) is 17.7. The van der Waals surface area contributed by atoms with Gasteiger partial charge in [-0.1, -0.05) is 18.2 Å². The third kappa shape index (κ3) is 3.01. The summed E-state index contributed by atoms with van der Waals surface area (Å²) in [6.07, 6.45) is 5.95. The Morgan fingerprint density at radius 3 is 2.31 bits per heavy atom. The average molecular weight is 387 g/mol. The van der Waals surface area contributed by atoms with Gasteiger partial charge in [0.05, 0.1) is 11.3 Å². The Morgan fingerprint density at radius 1 is 1.03 bits per heavy atom. The van der Waals surface area contributed by atoms with Crippen LogP contribution >= 0.6 is 0 Å². The number of para-hydroxylation sites is 1. The summed E-state index contributed by atoms with van der Waals surface area (Å²) < 4.78 is 0. The van der Waals surface area contributed by atoms with Crippen molar-refractivity contribution < 1.29 is 14.7 Å². The topological polar surface area (TPSA) is 73.2 Å². The molecule has 0 bridgehead atoms. The maximum absolute atomic E-state index is 13.0. The molecule has 0 radical (unpaired) electrons. The molecule has 1 N–H and O–H groups in total. The minimum absolute atomic E-state index is 0.122. The number of benzene rings is 2. The average Bonchev–Trinajstić information content (AvgIpc) is 3.06. The lowest BCUT2D eigenvalue weighted by molar-refractivity contribution is -0.129. The van der Waals surface area contributed by atoms with Crippen molar-refractivity contribution in [1.82, 2.24) is 0 Å². The van der Waals surface area contributed by atoms with E-state index in [0.29, 0.717) is 5.69 Å². The zero-order valence-electron chi connectivity index (χ0n) is 16.0. The SMILES string of the molecule is O=C(O)C1=NN(c2ccccc2)C(=O)/C1=C\c1cc2c3c(c1)CCCN3CCC2. The molecule has 3 aliphatic rings. The minimum Gasteiger partial charge on any atom is -0.476 e. The Morgan fingerprint density at radius 2 is 1.69 bits per heavy atom. The van der Waals surface area contributed by atoms with Gasteiger partial charge in [-0.3, -0.25) is 4.79 Å². The number of carbonyl (C=O) groups is 2. The van der Waals surface area contributed by atoms with Crippen molar-refractivity contribution in [2.24, 2.45) is 5.10 Å². The van der Waals surface area contributed by atoms with Crippen molar-refractivity contribution in [3.05, 3.63) is 64.7 Å². The monoisotopic (exact) mass is 387 g/mol. The maximum atomic E-state index is 13.0. The van der Waals surface area contributed by atoms with E-state index in [1.165, 1.54) is 21.8 Å². The van der Waals surface area contributed by atoms with Gasteiger partial charge >= 0.3 is 5.97 Å². The van der Waals surface area contributed by atoms with E-state index in [4.69, 9.17) is 0 Å². The quantitative estimate of drug-likeness (QED) is 0.821. The van der Waals surface area contributed by atoms with Crippen LogP contribution in [-0.4, -0.2) is 35.8 Å². The molecule has 0 aliphatic carbocycles. The molecule has 6 heteroatoms. The van der Waals surface area contributed by atoms with E-state index in [1.54, 1.807) is 30.3 Å². The Labute approximate surface area is 168 Å². The van der Waals surface area contributed by atoms with Crippen molar-refractivity contribution in [2.45, 2.75) is 25.7 Å². The van der Waals surface area contributed by atoms with E-state index in [-0.39, 0.29) is 11.3 Å². The predicted octanol–water partition coefficient (Wildman–Crippen LogP) is 3.26. The molecule has 0 spiro atoms. The highest BCUT2D eigenvalue weighted by atomic mass is 16.4. The molecule has 0 saturated heterocycles. The molecule has 3 heterocycles. The second-order valence-corrected chi connectivity index (χ2v) is 7.65. The summed E-state index contributed by atoms with van der Waals surface area (Å²) in [7, 11) is 0. The van der Waals surface area contributed by atoms with Gasteiger partial charge in [0.25, 0.3) is 5.91 Å². The van der Waals surface area contributed by atoms with Crippen LogP contribution in [0.2, 0.25) is 0 Å². The standard InChI is InChI=1S/C23H21N3O3/c27-22-19(20(23(28)29)24-26(22)18-8-2-1-3-9-18)14-15-12-16-6-4-10-25-11-5-7-17(13-15)21(16)25/h1-3,8-9,12-14H,4-7,10-11H2,(H,28,29)/b19-14-. The van der Waals surface area contributed by atoms with E-state index in [9.17, 15) is 14.7 Å². The van der Waals surface area contributed by atoms with Crippen molar-refractivity contribution in [3.8, 4) is 0 Å². The van der Waals surface area contributed by atoms with Gasteiger partial charge < -0.3 is 10.0 Å². The van der Waals surface area contributed by atoms with Crippen LogP contribution < -0.4 is 9.91 Å². The molecule has 5 rings (SSSR count). The van der Waals surface area contributed by atoms with Gasteiger partial charge in [0.1, 0.15) is 0 Å². The summed E-state index contributed by atoms with van der Waals surface area (Å²) in [5, 5.41) is 14.9. The number of aliphatic carboxylic acids is 1. The maximum Gasteiger partial charge on any atom is 0.357 e. The van der Waals surface area contributed by atoms with E-state index in [2.05, 4.69) is 22.1 Å². The zero-order chi connectivity index (χ0) is 20.0. The summed E-state index contributed by atoms with van der Waals surface area (Å²) in [5.74, 6) is -1.62. The highest BCUT2D eigenvalue weighted by Gasteiger charge is 2.35. The van der Waals surface area contributed by atoms with Crippen LogP contribution in [0.5, 0.6) is 0 Å². The molecule has 6 nitrogen and oxygen atoms in total. The fourth-order valence-electron chi connectivity index (χ4n) is 4.53. The number of carbonyl (C=O) groups excluding carboxylic acids is 1. The Bertz CT molecular complexity index is 1040. The molecular formula is C23H21N3O3. The number of hydrogen-bond acceptors (Lipinski definition) is 4. The summed E-state index contributed by atoms with van der Waals surface area (Å²) in [6, 6.07) is 13.1. The summed E-state index contributed by atoms with van der Waals surface area (Å²) in [4.78, 5) is 27.2. The largest absolute Gasteiger partial charge is 0.476 e. The van der Waals surface area contributed by atoms with Gasteiger partial charge in [0.15, 0.2) is 5.71 Å². The highest BCUT2D eigenvalue weighted by molar-refractivity contribution is 6.53. The van der Waals surface area contributed by atoms with Gasteiger partial charge in [-0.25, -0.2) is 4.79 Å². The van der Waals surface area contributed by atoms with E-state index in [0.717, 1.165) is 44.3 Å². The van der Waals surface area contributed by atoms with Gasteiger partial charge in [0.2, 0.25) is 0 Å². The molecule has 0 fully saturated rings. The minimum atomic E-state index is -1.20. The number of amides is 1. The van der Waals surface area contributed by atoms with Crippen LogP contribution in [-0.2, 0) is 22.4 Å². The van der Waals surface area contributed by atoms with Crippen LogP contribution in [0.15, 0.2) is 53.1 Å². The van der Waals surface area contributed by atoms with Gasteiger partial charge in [-0.05, 0) is 72.7 Å². The third-order valence-electron chi connectivity index (χ3n) is 5.75. The van der Waals surface area contributed by atoms with Gasteiger partial charge in [-0.2, -0.15) is 10.1 Å². The molecule has 2 aromatic carbocycles. The molecule has 0 atom stereocenters. The molecular weight excluding hydrogens is 366 g/mol. The molecule has 29 heavy (non-hydrogen) atoms. The number of aryl methyl sites for hydroxylation is 2. The highest BCUT2D eigenvalue weighted by Crippen LogP contribution is 2.37. The summed E-state index contributed by atoms with van der Waals surface area (Å²) in [5.41, 5.74) is 5.26. The van der Waals surface area contributed by atoms with Crippen LogP contribution in [0.1, 0.15) is 29.5 Å². The van der Waals surface area contributed by atoms with Crippen molar-refractivity contribution >= 4 is 35.0 Å². The Balaban J connectivity index is 1.57. The fraction of sp³-hybridized carbons (Fsp3) is 0.261. The second-order valence-electron chi connectivity index (χ2n) is 7.65. The van der Waals surface area contributed by atoms with Crippen molar-refractivity contribution in [1.29, 1.82) is 0 Å². The number of anilines is 2. The van der Waals surface area contributed by atoms with Crippen LogP contribution in [0, 0.1) is 0 Å². The van der Waals surface area contributed by atoms with Crippen molar-refractivity contribution in [2.75, 3.05) is 23.0 Å². The second kappa shape index (κ2) is 6.88. The number of nitrogens with zero attached hydrogens (tertiary/aromatic N) is 3. The number of hydrazone groups is 1. The normalized spacial score (nSPS) is 19.4. The molecule has 0 saturated carbocycles. The Kier molecular flexibility index (Phi) is 4.19. The van der Waals surface area contributed by atoms with E-state index >= 15 is 0 Å². The first-order valence-electron chi connectivity index (χ1n) is 9.96. The van der Waals surface area contributed by atoms with Crippen LogP contribution in [0.4, 0.5) is 11.4 Å². The third-order valence-corrected chi connectivity index (χ3v) is 5.75. The fourth-order valence-corrected chi connectivity index (χ4v) is 4.53. The van der Waals surface area contributed by atoms with E-state index < -0.39 is 11.9 Å². The molecule has 3 aliphatic heterocycles. The number of carboxylic acid groups (broad SMARTS) is 1. The summed E-state index contributed by atoms with van der Waals surface area (Å²) >= 11 is 0. The number of carboxylic acids is 1. The smallest absolute Gasteiger partial charge is 0.357 e. The number of hydrogen-bond donors (Lipinski definition) is 1. The molecule has 0 unspecified atom stereocenters. The lowest BCUT2D eigenvalue weighted by atomic mass is 9.89. The molecule has 1 amide bonds. The lowest BCUT2D eigenvalue weighted by Gasteiger charge is -2.37. The van der Waals surface area contributed by atoms with E-state index in [1.807, 2.05) is 6.07 Å². The van der Waals surface area contributed by atoms with Crippen LogP contribution in [0.25, 0.3) is 6.08 Å². The first-order valence-corrected chi connectivity index (χ1v) is 9.96. The Hall–Kier alpha value is -3.41. The predicted molar refractivity (Wildman–Crippen MR) is 112 cm³/mol. The number of rotatable bonds is 3. The summed E-state index contributed by atoms with van der Waals surface area (Å²) in [6.45, 7) is 2.20.